The molecule has 0 aliphatic carbocycles. The van der Waals surface area contributed by atoms with Crippen LogP contribution in [0.1, 0.15) is 18.9 Å². The van der Waals surface area contributed by atoms with Crippen LogP contribution in [0.4, 0.5) is 5.69 Å². The molecular formula is C13H16N4O2. The maximum atomic E-state index is 11.7. The lowest BCUT2D eigenvalue weighted by atomic mass is 10.1. The van der Waals surface area contributed by atoms with Gasteiger partial charge >= 0.3 is 0 Å². The molecule has 2 rings (SSSR count). The van der Waals surface area contributed by atoms with E-state index in [2.05, 4.69) is 15.5 Å². The van der Waals surface area contributed by atoms with Crippen LogP contribution in [0.3, 0.4) is 0 Å². The van der Waals surface area contributed by atoms with E-state index in [1.165, 1.54) is 6.39 Å². The van der Waals surface area contributed by atoms with E-state index in [0.717, 1.165) is 16.8 Å². The Balaban J connectivity index is 2.18. The number of aromatic nitrogens is 2. The number of hydrogen-bond acceptors (Lipinski definition) is 5. The van der Waals surface area contributed by atoms with Crippen molar-refractivity contribution in [1.29, 1.82) is 0 Å². The molecule has 0 fully saturated rings. The smallest absolute Gasteiger partial charge is 0.247 e. The molecular weight excluding hydrogens is 244 g/mol. The summed E-state index contributed by atoms with van der Waals surface area (Å²) in [6, 6.07) is 5.00. The van der Waals surface area contributed by atoms with Gasteiger partial charge in [0.15, 0.2) is 0 Å². The van der Waals surface area contributed by atoms with E-state index >= 15 is 0 Å². The predicted octanol–water partition coefficient (Wildman–Crippen LogP) is 1.72. The SMILES string of the molecule is CCC(N)C(=O)Nc1ccc(-c2nnco2)cc1C. The highest BCUT2D eigenvalue weighted by molar-refractivity contribution is 5.95. The number of nitrogens with one attached hydrogen (secondary N) is 1. The molecule has 2 aromatic rings. The van der Waals surface area contributed by atoms with E-state index in [-0.39, 0.29) is 5.91 Å². The number of rotatable bonds is 4. The van der Waals surface area contributed by atoms with Crippen molar-refractivity contribution in [3.63, 3.8) is 0 Å². The van der Waals surface area contributed by atoms with Crippen LogP contribution in [0.5, 0.6) is 0 Å². The van der Waals surface area contributed by atoms with Crippen LogP contribution in [0.15, 0.2) is 29.0 Å². The van der Waals surface area contributed by atoms with E-state index in [1.807, 2.05) is 26.0 Å². The summed E-state index contributed by atoms with van der Waals surface area (Å²) in [5.41, 5.74) is 8.13. The summed E-state index contributed by atoms with van der Waals surface area (Å²) in [5.74, 6) is 0.266. The minimum Gasteiger partial charge on any atom is -0.423 e. The second-order valence-corrected chi connectivity index (χ2v) is 4.28. The topological polar surface area (TPSA) is 94.0 Å². The molecule has 0 saturated heterocycles. The summed E-state index contributed by atoms with van der Waals surface area (Å²) in [7, 11) is 0. The van der Waals surface area contributed by atoms with Crippen LogP contribution in [0.2, 0.25) is 0 Å². The number of carbonyl (C=O) groups excluding carboxylic acids is 1. The molecule has 6 nitrogen and oxygen atoms in total. The zero-order chi connectivity index (χ0) is 13.8. The molecule has 1 heterocycles. The second-order valence-electron chi connectivity index (χ2n) is 4.28. The molecule has 0 spiro atoms. The molecule has 1 atom stereocenters. The van der Waals surface area contributed by atoms with Crippen LogP contribution in [0.25, 0.3) is 11.5 Å². The molecule has 0 aliphatic rings. The zero-order valence-electron chi connectivity index (χ0n) is 10.9. The lowest BCUT2D eigenvalue weighted by Gasteiger charge is -2.12. The maximum absolute atomic E-state index is 11.7. The standard InChI is InChI=1S/C13H16N4O2/c1-3-10(14)12(18)16-11-5-4-9(6-8(11)2)13-17-15-7-19-13/h4-7,10H,3,14H2,1-2H3,(H,16,18). The van der Waals surface area contributed by atoms with Crippen LogP contribution in [-0.4, -0.2) is 22.1 Å². The zero-order valence-corrected chi connectivity index (χ0v) is 10.9. The van der Waals surface area contributed by atoms with Gasteiger partial charge in [0, 0.05) is 11.3 Å². The van der Waals surface area contributed by atoms with Gasteiger partial charge < -0.3 is 15.5 Å². The summed E-state index contributed by atoms with van der Waals surface area (Å²) >= 11 is 0. The summed E-state index contributed by atoms with van der Waals surface area (Å²) < 4.78 is 5.12. The van der Waals surface area contributed by atoms with Gasteiger partial charge in [-0.25, -0.2) is 0 Å². The highest BCUT2D eigenvalue weighted by Crippen LogP contribution is 2.23. The van der Waals surface area contributed by atoms with E-state index in [0.29, 0.717) is 12.3 Å². The van der Waals surface area contributed by atoms with Gasteiger partial charge in [0.2, 0.25) is 18.2 Å². The van der Waals surface area contributed by atoms with Crippen LogP contribution in [-0.2, 0) is 4.79 Å². The van der Waals surface area contributed by atoms with E-state index in [1.54, 1.807) is 6.07 Å². The van der Waals surface area contributed by atoms with Crippen LogP contribution in [0, 0.1) is 6.92 Å². The van der Waals surface area contributed by atoms with E-state index in [9.17, 15) is 4.79 Å². The molecule has 0 radical (unpaired) electrons. The Hall–Kier alpha value is -2.21. The van der Waals surface area contributed by atoms with Crippen molar-refractivity contribution in [2.45, 2.75) is 26.3 Å². The first-order chi connectivity index (χ1) is 9.11. The minimum atomic E-state index is -0.491. The highest BCUT2D eigenvalue weighted by Gasteiger charge is 2.13. The first kappa shape index (κ1) is 13.2. The van der Waals surface area contributed by atoms with Crippen LogP contribution >= 0.6 is 0 Å². The fourth-order valence-corrected chi connectivity index (χ4v) is 1.65. The third-order valence-electron chi connectivity index (χ3n) is 2.87. The largest absolute Gasteiger partial charge is 0.423 e. The minimum absolute atomic E-state index is 0.184. The van der Waals surface area contributed by atoms with Crippen molar-refractivity contribution in [2.75, 3.05) is 5.32 Å². The number of benzene rings is 1. The van der Waals surface area contributed by atoms with Crippen LogP contribution < -0.4 is 11.1 Å². The molecule has 0 aliphatic heterocycles. The predicted molar refractivity (Wildman–Crippen MR) is 71.4 cm³/mol. The lowest BCUT2D eigenvalue weighted by molar-refractivity contribution is -0.117. The monoisotopic (exact) mass is 260 g/mol. The number of amides is 1. The number of anilines is 1. The van der Waals surface area contributed by atoms with Crippen molar-refractivity contribution < 1.29 is 9.21 Å². The number of nitrogens with zero attached hydrogens (tertiary/aromatic N) is 2. The maximum Gasteiger partial charge on any atom is 0.247 e. The normalized spacial score (nSPS) is 12.2. The Labute approximate surface area is 111 Å². The van der Waals surface area contributed by atoms with Gasteiger partial charge in [-0.15, -0.1) is 10.2 Å². The molecule has 1 amide bonds. The van der Waals surface area contributed by atoms with E-state index in [4.69, 9.17) is 10.2 Å². The lowest BCUT2D eigenvalue weighted by Crippen LogP contribution is -2.34. The molecule has 0 saturated carbocycles. The molecule has 19 heavy (non-hydrogen) atoms. The van der Waals surface area contributed by atoms with Gasteiger partial charge in [0.25, 0.3) is 0 Å². The van der Waals surface area contributed by atoms with Gasteiger partial charge in [-0.2, -0.15) is 0 Å². The first-order valence-electron chi connectivity index (χ1n) is 6.05. The number of hydrogen-bond donors (Lipinski definition) is 2. The van der Waals surface area contributed by atoms with Crippen molar-refractivity contribution >= 4 is 11.6 Å². The van der Waals surface area contributed by atoms with Gasteiger partial charge in [0.05, 0.1) is 6.04 Å². The summed E-state index contributed by atoms with van der Waals surface area (Å²) in [4.78, 5) is 11.7. The quantitative estimate of drug-likeness (QED) is 0.872. The third kappa shape index (κ3) is 2.97. The molecule has 1 aromatic heterocycles. The second kappa shape index (κ2) is 5.62. The first-order valence-corrected chi connectivity index (χ1v) is 6.05. The number of aryl methyl sites for hydroxylation is 1. The van der Waals surface area contributed by atoms with Gasteiger partial charge in [-0.05, 0) is 37.1 Å². The van der Waals surface area contributed by atoms with Crippen molar-refractivity contribution in [1.82, 2.24) is 10.2 Å². The average Bonchev–Trinajstić information content (AvgIpc) is 2.94. The van der Waals surface area contributed by atoms with Gasteiger partial charge in [0.1, 0.15) is 0 Å². The summed E-state index contributed by atoms with van der Waals surface area (Å²) in [6.45, 7) is 3.77. The van der Waals surface area contributed by atoms with Crippen molar-refractivity contribution in [2.24, 2.45) is 5.73 Å². The molecule has 3 N–H and O–H groups in total. The fourth-order valence-electron chi connectivity index (χ4n) is 1.65. The van der Waals surface area contributed by atoms with Gasteiger partial charge in [-0.1, -0.05) is 6.92 Å². The average molecular weight is 260 g/mol. The molecule has 6 heteroatoms. The Bertz CT molecular complexity index is 566. The summed E-state index contributed by atoms with van der Waals surface area (Å²) in [6.07, 6.45) is 1.88. The molecule has 100 valence electrons. The third-order valence-corrected chi connectivity index (χ3v) is 2.87. The van der Waals surface area contributed by atoms with Gasteiger partial charge in [-0.3, -0.25) is 4.79 Å². The van der Waals surface area contributed by atoms with Crippen molar-refractivity contribution in [3.05, 3.63) is 30.2 Å². The van der Waals surface area contributed by atoms with E-state index < -0.39 is 6.04 Å². The Kier molecular flexibility index (Phi) is 3.91. The Morgan fingerprint density at radius 2 is 2.32 bits per heavy atom. The number of nitrogens with two attached hydrogens (primary N) is 1. The molecule has 1 unspecified atom stereocenters. The Morgan fingerprint density at radius 3 is 2.89 bits per heavy atom. The molecule has 0 bridgehead atoms. The Morgan fingerprint density at radius 1 is 1.53 bits per heavy atom. The fraction of sp³-hybridized carbons (Fsp3) is 0.308. The highest BCUT2D eigenvalue weighted by atomic mass is 16.4. The van der Waals surface area contributed by atoms with Crippen molar-refractivity contribution in [3.8, 4) is 11.5 Å². The number of carbonyl (C=O) groups is 1. The molecule has 1 aromatic carbocycles. The summed E-state index contributed by atoms with van der Waals surface area (Å²) in [5, 5.41) is 10.3.